The second-order valence-electron chi connectivity index (χ2n) is 4.12. The Bertz CT molecular complexity index is 161. The van der Waals surface area contributed by atoms with Gasteiger partial charge in [-0.2, -0.15) is 0 Å². The molecular weight excluding hydrogens is 180 g/mol. The van der Waals surface area contributed by atoms with Crippen molar-refractivity contribution < 1.29 is 14.2 Å². The fourth-order valence-corrected chi connectivity index (χ4v) is 2.13. The minimum Gasteiger partial charge on any atom is -0.382 e. The van der Waals surface area contributed by atoms with E-state index >= 15 is 0 Å². The maximum Gasteiger partial charge on any atom is 0.160 e. The van der Waals surface area contributed by atoms with E-state index < -0.39 is 0 Å². The summed E-state index contributed by atoms with van der Waals surface area (Å²) in [5.41, 5.74) is 0. The van der Waals surface area contributed by atoms with E-state index in [4.69, 9.17) is 14.2 Å². The third-order valence-corrected chi connectivity index (χ3v) is 3.09. The molecule has 0 radical (unpaired) electrons. The van der Waals surface area contributed by atoms with E-state index in [1.807, 2.05) is 0 Å². The molecule has 3 unspecified atom stereocenters. The van der Waals surface area contributed by atoms with Crippen LogP contribution in [-0.4, -0.2) is 33.2 Å². The van der Waals surface area contributed by atoms with Crippen molar-refractivity contribution in [3.63, 3.8) is 0 Å². The summed E-state index contributed by atoms with van der Waals surface area (Å²) in [7, 11) is 3.43. The standard InChI is InChI=1S/C11H22O3/c1-5-9-6-8(2)10(7-12-3)14-11(9)13-4/h8-11H,5-7H2,1-4H3/t8?,9?,10?,11-/m1/s1. The predicted molar refractivity (Wildman–Crippen MR) is 55.1 cm³/mol. The first kappa shape index (κ1) is 12.0. The Balaban J connectivity index is 2.52. The quantitative estimate of drug-likeness (QED) is 0.698. The molecule has 14 heavy (non-hydrogen) atoms. The highest BCUT2D eigenvalue weighted by Gasteiger charge is 2.34. The van der Waals surface area contributed by atoms with Crippen molar-refractivity contribution in [1.29, 1.82) is 0 Å². The minimum absolute atomic E-state index is 0.0450. The fourth-order valence-electron chi connectivity index (χ4n) is 2.13. The average molecular weight is 202 g/mol. The van der Waals surface area contributed by atoms with Crippen molar-refractivity contribution in [2.45, 2.75) is 39.1 Å². The Kier molecular flexibility index (Phi) is 4.85. The van der Waals surface area contributed by atoms with Crippen molar-refractivity contribution in [3.05, 3.63) is 0 Å². The van der Waals surface area contributed by atoms with Crippen molar-refractivity contribution in [3.8, 4) is 0 Å². The van der Waals surface area contributed by atoms with E-state index in [0.29, 0.717) is 18.4 Å². The molecule has 84 valence electrons. The molecule has 0 spiro atoms. The van der Waals surface area contributed by atoms with Crippen molar-refractivity contribution >= 4 is 0 Å². The lowest BCUT2D eigenvalue weighted by Crippen LogP contribution is -2.43. The Morgan fingerprint density at radius 3 is 2.57 bits per heavy atom. The number of methoxy groups -OCH3 is 2. The Labute approximate surface area is 86.7 Å². The summed E-state index contributed by atoms with van der Waals surface area (Å²) in [6.45, 7) is 5.07. The van der Waals surface area contributed by atoms with Crippen molar-refractivity contribution in [2.24, 2.45) is 11.8 Å². The van der Waals surface area contributed by atoms with Crippen LogP contribution < -0.4 is 0 Å². The van der Waals surface area contributed by atoms with Crippen LogP contribution in [0.5, 0.6) is 0 Å². The van der Waals surface area contributed by atoms with Crippen LogP contribution in [0.25, 0.3) is 0 Å². The molecule has 1 aliphatic rings. The molecule has 0 aromatic rings. The van der Waals surface area contributed by atoms with Crippen LogP contribution in [0.3, 0.4) is 0 Å². The van der Waals surface area contributed by atoms with Crippen LogP contribution >= 0.6 is 0 Å². The third kappa shape index (κ3) is 2.69. The van der Waals surface area contributed by atoms with E-state index in [-0.39, 0.29) is 12.4 Å². The van der Waals surface area contributed by atoms with E-state index in [2.05, 4.69) is 13.8 Å². The van der Waals surface area contributed by atoms with E-state index in [1.54, 1.807) is 14.2 Å². The highest BCUT2D eigenvalue weighted by Crippen LogP contribution is 2.32. The van der Waals surface area contributed by atoms with Crippen molar-refractivity contribution in [1.82, 2.24) is 0 Å². The van der Waals surface area contributed by atoms with Crippen LogP contribution in [-0.2, 0) is 14.2 Å². The second kappa shape index (κ2) is 5.69. The maximum atomic E-state index is 5.84. The van der Waals surface area contributed by atoms with Gasteiger partial charge in [-0.25, -0.2) is 0 Å². The van der Waals surface area contributed by atoms with Gasteiger partial charge in [-0.15, -0.1) is 0 Å². The first-order chi connectivity index (χ1) is 6.72. The largest absolute Gasteiger partial charge is 0.382 e. The molecule has 3 heteroatoms. The molecule has 0 saturated carbocycles. The molecule has 0 aromatic carbocycles. The fraction of sp³-hybridized carbons (Fsp3) is 1.00. The van der Waals surface area contributed by atoms with Gasteiger partial charge in [0.25, 0.3) is 0 Å². The first-order valence-electron chi connectivity index (χ1n) is 5.40. The van der Waals surface area contributed by atoms with Gasteiger partial charge >= 0.3 is 0 Å². The van der Waals surface area contributed by atoms with Gasteiger partial charge in [0, 0.05) is 20.1 Å². The van der Waals surface area contributed by atoms with Gasteiger partial charge in [0.15, 0.2) is 6.29 Å². The number of hydrogen-bond acceptors (Lipinski definition) is 3. The number of ether oxygens (including phenoxy) is 3. The molecule has 0 N–H and O–H groups in total. The Hall–Kier alpha value is -0.120. The molecule has 1 aliphatic heterocycles. The molecule has 1 fully saturated rings. The summed E-state index contributed by atoms with van der Waals surface area (Å²) < 4.78 is 16.3. The summed E-state index contributed by atoms with van der Waals surface area (Å²) >= 11 is 0. The Morgan fingerprint density at radius 2 is 2.07 bits per heavy atom. The lowest BCUT2D eigenvalue weighted by Gasteiger charge is -2.39. The third-order valence-electron chi connectivity index (χ3n) is 3.09. The van der Waals surface area contributed by atoms with Gasteiger partial charge in [-0.05, 0) is 18.8 Å². The molecule has 1 rings (SSSR count). The summed E-state index contributed by atoms with van der Waals surface area (Å²) in [5, 5.41) is 0. The highest BCUT2D eigenvalue weighted by atomic mass is 16.7. The summed E-state index contributed by atoms with van der Waals surface area (Å²) in [5.74, 6) is 1.09. The average Bonchev–Trinajstić information content (AvgIpc) is 2.20. The lowest BCUT2D eigenvalue weighted by atomic mass is 9.87. The first-order valence-corrected chi connectivity index (χ1v) is 5.40. The van der Waals surface area contributed by atoms with Gasteiger partial charge < -0.3 is 14.2 Å². The summed E-state index contributed by atoms with van der Waals surface area (Å²) in [4.78, 5) is 0. The molecule has 0 bridgehead atoms. The molecule has 0 aliphatic carbocycles. The summed E-state index contributed by atoms with van der Waals surface area (Å²) in [6.07, 6.45) is 2.43. The van der Waals surface area contributed by atoms with Crippen LogP contribution in [0.15, 0.2) is 0 Å². The van der Waals surface area contributed by atoms with Crippen molar-refractivity contribution in [2.75, 3.05) is 20.8 Å². The van der Waals surface area contributed by atoms with Crippen LogP contribution in [0.1, 0.15) is 26.7 Å². The lowest BCUT2D eigenvalue weighted by molar-refractivity contribution is -0.233. The van der Waals surface area contributed by atoms with Gasteiger partial charge in [0.2, 0.25) is 0 Å². The van der Waals surface area contributed by atoms with E-state index in [1.165, 1.54) is 6.42 Å². The molecule has 0 aromatic heterocycles. The normalized spacial score (nSPS) is 38.6. The molecule has 0 amide bonds. The SMILES string of the molecule is CCC1CC(C)C(COC)O[C@H]1OC. The topological polar surface area (TPSA) is 27.7 Å². The zero-order valence-corrected chi connectivity index (χ0v) is 9.66. The van der Waals surface area contributed by atoms with Crippen LogP contribution in [0, 0.1) is 11.8 Å². The van der Waals surface area contributed by atoms with E-state index in [0.717, 1.165) is 6.42 Å². The zero-order valence-electron chi connectivity index (χ0n) is 9.66. The van der Waals surface area contributed by atoms with Gasteiger partial charge in [0.05, 0.1) is 12.7 Å². The smallest absolute Gasteiger partial charge is 0.160 e. The summed E-state index contributed by atoms with van der Waals surface area (Å²) in [6, 6.07) is 0. The number of hydrogen-bond donors (Lipinski definition) is 0. The van der Waals surface area contributed by atoms with Crippen LogP contribution in [0.2, 0.25) is 0 Å². The molecule has 1 saturated heterocycles. The molecule has 3 nitrogen and oxygen atoms in total. The van der Waals surface area contributed by atoms with Gasteiger partial charge in [0.1, 0.15) is 0 Å². The van der Waals surface area contributed by atoms with Gasteiger partial charge in [-0.3, -0.25) is 0 Å². The van der Waals surface area contributed by atoms with Crippen LogP contribution in [0.4, 0.5) is 0 Å². The molecular formula is C11H22O3. The zero-order chi connectivity index (χ0) is 10.6. The van der Waals surface area contributed by atoms with Gasteiger partial charge in [-0.1, -0.05) is 13.8 Å². The second-order valence-corrected chi connectivity index (χ2v) is 4.12. The maximum absolute atomic E-state index is 5.84. The monoisotopic (exact) mass is 202 g/mol. The Morgan fingerprint density at radius 1 is 1.36 bits per heavy atom. The molecule has 4 atom stereocenters. The highest BCUT2D eigenvalue weighted by molar-refractivity contribution is 4.78. The van der Waals surface area contributed by atoms with E-state index in [9.17, 15) is 0 Å². The minimum atomic E-state index is -0.0450. The number of rotatable bonds is 4. The predicted octanol–water partition coefficient (Wildman–Crippen LogP) is 2.06. The molecule has 1 heterocycles.